The molecule has 4 aromatic rings. The van der Waals surface area contributed by atoms with E-state index >= 15 is 0 Å². The second-order valence-electron chi connectivity index (χ2n) is 14.7. The van der Waals surface area contributed by atoms with E-state index < -0.39 is 17.7 Å². The highest BCUT2D eigenvalue weighted by molar-refractivity contribution is 5.91. The summed E-state index contributed by atoms with van der Waals surface area (Å²) in [5.74, 6) is 0.198. The van der Waals surface area contributed by atoms with Crippen LogP contribution >= 0.6 is 0 Å². The first kappa shape index (κ1) is 36.0. The molecule has 1 saturated heterocycles. The summed E-state index contributed by atoms with van der Waals surface area (Å²) in [5, 5.41) is 9.06. The lowest BCUT2D eigenvalue weighted by Gasteiger charge is -2.40. The third-order valence-electron chi connectivity index (χ3n) is 10.7. The minimum absolute atomic E-state index is 0.0412. The van der Waals surface area contributed by atoms with Crippen molar-refractivity contribution in [1.29, 1.82) is 0 Å². The molecule has 15 heteroatoms. The fourth-order valence-corrected chi connectivity index (χ4v) is 7.87. The van der Waals surface area contributed by atoms with Crippen molar-refractivity contribution < 1.29 is 27.8 Å². The van der Waals surface area contributed by atoms with Gasteiger partial charge in [0, 0.05) is 75.5 Å². The first-order chi connectivity index (χ1) is 24.9. The molecule has 0 aromatic carbocycles. The fourth-order valence-electron chi connectivity index (χ4n) is 7.87. The predicted molar refractivity (Wildman–Crippen MR) is 191 cm³/mol. The number of carbonyl (C=O) groups is 1. The SMILES string of the molecule is CCOCC1(CN(C)c2cc(-c3cnc(C4CC4)c(C(F)(F)F)c3)nc3nc(-c4cnc(N5CCN(CCC(=O)O)C[C@H]5C)cn4)[nH]c23)CCCC1. The molecule has 1 atom stereocenters. The number of H-pyrrole nitrogens is 1. The summed E-state index contributed by atoms with van der Waals surface area (Å²) < 4.78 is 48.7. The van der Waals surface area contributed by atoms with Crippen LogP contribution in [0.1, 0.15) is 76.0 Å². The number of ether oxygens (including phenoxy) is 1. The van der Waals surface area contributed by atoms with Gasteiger partial charge >= 0.3 is 12.1 Å². The molecule has 7 rings (SSSR count). The Labute approximate surface area is 300 Å². The third kappa shape index (κ3) is 7.70. The van der Waals surface area contributed by atoms with Crippen LogP contribution in [0.5, 0.6) is 0 Å². The summed E-state index contributed by atoms with van der Waals surface area (Å²) >= 11 is 0. The van der Waals surface area contributed by atoms with E-state index in [0.29, 0.717) is 79.9 Å². The van der Waals surface area contributed by atoms with Crippen LogP contribution in [0.4, 0.5) is 24.7 Å². The largest absolute Gasteiger partial charge is 0.481 e. The van der Waals surface area contributed by atoms with Crippen molar-refractivity contribution in [2.75, 3.05) is 62.8 Å². The van der Waals surface area contributed by atoms with Crippen molar-refractivity contribution in [3.63, 3.8) is 0 Å². The first-order valence-corrected chi connectivity index (χ1v) is 18.2. The lowest BCUT2D eigenvalue weighted by molar-refractivity contribution is -0.139. The number of hydrogen-bond donors (Lipinski definition) is 2. The molecule has 3 fully saturated rings. The number of aromatic nitrogens is 6. The van der Waals surface area contributed by atoms with E-state index in [0.717, 1.165) is 44.5 Å². The summed E-state index contributed by atoms with van der Waals surface area (Å²) in [6, 6.07) is 3.12. The van der Waals surface area contributed by atoms with E-state index in [2.05, 4.69) is 31.6 Å². The maximum absolute atomic E-state index is 14.3. The average molecular weight is 722 g/mol. The van der Waals surface area contributed by atoms with Gasteiger partial charge in [-0.05, 0) is 51.7 Å². The van der Waals surface area contributed by atoms with Crippen LogP contribution in [-0.4, -0.2) is 105 Å². The van der Waals surface area contributed by atoms with Crippen molar-refractivity contribution in [2.45, 2.75) is 76.9 Å². The maximum Gasteiger partial charge on any atom is 0.418 e. The molecule has 3 aliphatic rings. The standard InChI is InChI=1S/C37H46F3N9O3/c1-4-52-22-36(10-5-6-11-36)21-47(3)29-16-27(25-15-26(37(38,39)40)32(43-17-25)24-7-8-24)44-35-33(29)45-34(46-35)28-18-42-30(19-41-28)49-14-13-48(20-23(49)2)12-9-31(50)51/h15-19,23-24H,4-14,20-22H2,1-3H3,(H,50,51)(H,44,45,46)/t23-/m1/s1. The summed E-state index contributed by atoms with van der Waals surface area (Å²) in [4.78, 5) is 44.2. The van der Waals surface area contributed by atoms with Crippen LogP contribution in [0.25, 0.3) is 33.9 Å². The smallest absolute Gasteiger partial charge is 0.418 e. The number of nitrogens with zero attached hydrogens (tertiary/aromatic N) is 8. The van der Waals surface area contributed by atoms with Gasteiger partial charge in [0.05, 0.1) is 48.1 Å². The Balaban J connectivity index is 1.22. The van der Waals surface area contributed by atoms with Gasteiger partial charge in [-0.3, -0.25) is 14.7 Å². The van der Waals surface area contributed by atoms with Gasteiger partial charge in [0.2, 0.25) is 0 Å². The molecule has 0 amide bonds. The number of hydrogen-bond acceptors (Lipinski definition) is 10. The molecule has 2 N–H and O–H groups in total. The number of pyridine rings is 2. The zero-order chi connectivity index (χ0) is 36.6. The molecule has 0 spiro atoms. The Bertz CT molecular complexity index is 1890. The number of halogens is 3. The topological polar surface area (TPSA) is 136 Å². The average Bonchev–Trinajstić information content (AvgIpc) is 3.72. The Morgan fingerprint density at radius 1 is 1.08 bits per heavy atom. The Kier molecular flexibility index (Phi) is 10.1. The number of carboxylic acids is 1. The normalized spacial score (nSPS) is 19.4. The molecular formula is C37H46F3N9O3. The van der Waals surface area contributed by atoms with Gasteiger partial charge in [-0.25, -0.2) is 19.9 Å². The molecule has 2 saturated carbocycles. The minimum Gasteiger partial charge on any atom is -0.481 e. The highest BCUT2D eigenvalue weighted by atomic mass is 19.4. The fraction of sp³-hybridized carbons (Fsp3) is 0.568. The minimum atomic E-state index is -4.53. The number of alkyl halides is 3. The van der Waals surface area contributed by atoms with Gasteiger partial charge in [0.25, 0.3) is 0 Å². The Morgan fingerprint density at radius 3 is 2.52 bits per heavy atom. The van der Waals surface area contributed by atoms with Crippen LogP contribution in [0, 0.1) is 5.41 Å². The quantitative estimate of drug-likeness (QED) is 0.159. The number of imidazole rings is 1. The molecule has 1 aliphatic heterocycles. The van der Waals surface area contributed by atoms with Crippen molar-refractivity contribution in [1.82, 2.24) is 34.8 Å². The molecule has 12 nitrogen and oxygen atoms in total. The number of aliphatic carboxylic acids is 1. The van der Waals surface area contributed by atoms with E-state index in [4.69, 9.17) is 29.8 Å². The van der Waals surface area contributed by atoms with Gasteiger partial charge in [0.1, 0.15) is 17.0 Å². The summed E-state index contributed by atoms with van der Waals surface area (Å²) in [7, 11) is 2.00. The van der Waals surface area contributed by atoms with Gasteiger partial charge < -0.3 is 24.6 Å². The highest BCUT2D eigenvalue weighted by Gasteiger charge is 2.40. The third-order valence-corrected chi connectivity index (χ3v) is 10.7. The zero-order valence-corrected chi connectivity index (χ0v) is 29.9. The van der Waals surface area contributed by atoms with E-state index in [9.17, 15) is 18.0 Å². The van der Waals surface area contributed by atoms with Crippen LogP contribution < -0.4 is 9.80 Å². The number of rotatable bonds is 13. The van der Waals surface area contributed by atoms with Crippen molar-refractivity contribution in [2.24, 2.45) is 5.41 Å². The van der Waals surface area contributed by atoms with Gasteiger partial charge in [-0.2, -0.15) is 13.2 Å². The predicted octanol–water partition coefficient (Wildman–Crippen LogP) is 6.39. The summed E-state index contributed by atoms with van der Waals surface area (Å²) in [5.41, 5.74) is 2.27. The van der Waals surface area contributed by atoms with Crippen LogP contribution in [-0.2, 0) is 15.7 Å². The molecule has 2 aliphatic carbocycles. The lowest BCUT2D eigenvalue weighted by atomic mass is 9.86. The number of carboxylic acid groups (broad SMARTS) is 1. The molecule has 278 valence electrons. The zero-order valence-electron chi connectivity index (χ0n) is 29.9. The van der Waals surface area contributed by atoms with E-state index in [-0.39, 0.29) is 35.1 Å². The number of piperazine rings is 1. The number of fused-ring (bicyclic) bond motifs is 1. The monoisotopic (exact) mass is 721 g/mol. The molecule has 0 bridgehead atoms. The molecule has 4 aromatic heterocycles. The molecule has 0 radical (unpaired) electrons. The van der Waals surface area contributed by atoms with Crippen molar-refractivity contribution in [3.8, 4) is 22.8 Å². The summed E-state index contributed by atoms with van der Waals surface area (Å²) in [6.07, 6.45) is 6.18. The van der Waals surface area contributed by atoms with Crippen molar-refractivity contribution in [3.05, 3.63) is 42.0 Å². The second-order valence-corrected chi connectivity index (χ2v) is 14.7. The summed E-state index contributed by atoms with van der Waals surface area (Å²) in [6.45, 7) is 8.70. The second kappa shape index (κ2) is 14.6. The van der Waals surface area contributed by atoms with Gasteiger partial charge in [0.15, 0.2) is 11.5 Å². The maximum atomic E-state index is 14.3. The van der Waals surface area contributed by atoms with Crippen LogP contribution in [0.3, 0.4) is 0 Å². The molecule has 5 heterocycles. The number of nitrogens with one attached hydrogen (secondary N) is 1. The first-order valence-electron chi connectivity index (χ1n) is 18.2. The van der Waals surface area contributed by atoms with E-state index in [1.54, 1.807) is 12.4 Å². The lowest BCUT2D eigenvalue weighted by Crippen LogP contribution is -2.52. The molecular weight excluding hydrogens is 675 g/mol. The molecule has 52 heavy (non-hydrogen) atoms. The van der Waals surface area contributed by atoms with Crippen molar-refractivity contribution >= 4 is 28.6 Å². The highest BCUT2D eigenvalue weighted by Crippen LogP contribution is 2.46. The Morgan fingerprint density at radius 2 is 1.87 bits per heavy atom. The van der Waals surface area contributed by atoms with E-state index in [1.807, 2.05) is 20.0 Å². The number of anilines is 2. The van der Waals surface area contributed by atoms with E-state index in [1.165, 1.54) is 12.3 Å². The molecule has 0 unspecified atom stereocenters. The van der Waals surface area contributed by atoms with Gasteiger partial charge in [-0.1, -0.05) is 12.8 Å². The van der Waals surface area contributed by atoms with Gasteiger partial charge in [-0.15, -0.1) is 0 Å². The van der Waals surface area contributed by atoms with Crippen LogP contribution in [0.2, 0.25) is 0 Å². The Hall–Kier alpha value is -4.37. The van der Waals surface area contributed by atoms with Crippen LogP contribution in [0.15, 0.2) is 30.7 Å². The number of aromatic amines is 1.